The molecule has 3 heterocycles. The largest absolute Gasteiger partial charge is 0.394 e. The highest BCUT2D eigenvalue weighted by Crippen LogP contribution is 2.34. The lowest BCUT2D eigenvalue weighted by Gasteiger charge is -2.48. The molecule has 3 rings (SSSR count). The van der Waals surface area contributed by atoms with Crippen LogP contribution in [0.5, 0.6) is 0 Å². The fourth-order valence-corrected chi connectivity index (χ4v) is 15.5. The number of aliphatic hydroxyl groups excluding tert-OH is 11. The van der Waals surface area contributed by atoms with Crippen molar-refractivity contribution in [3.63, 3.8) is 0 Å². The van der Waals surface area contributed by atoms with E-state index < -0.39 is 124 Å². The number of allylic oxidation sites excluding steroid dienone is 13. The van der Waals surface area contributed by atoms with E-state index in [-0.39, 0.29) is 18.9 Å². The first-order chi connectivity index (χ1) is 55.8. The first-order valence-electron chi connectivity index (χ1n) is 46.8. The molecule has 17 unspecified atom stereocenters. The van der Waals surface area contributed by atoms with Crippen molar-refractivity contribution in [3.05, 3.63) is 85.1 Å². The van der Waals surface area contributed by atoms with Gasteiger partial charge in [-0.05, 0) is 77.0 Å². The molecule has 0 radical (unpaired) electrons. The van der Waals surface area contributed by atoms with Crippen molar-refractivity contribution in [1.82, 2.24) is 5.32 Å². The van der Waals surface area contributed by atoms with E-state index in [1.807, 2.05) is 6.08 Å². The second-order valence-electron chi connectivity index (χ2n) is 33.1. The lowest BCUT2D eigenvalue weighted by atomic mass is 9.96. The zero-order valence-corrected chi connectivity index (χ0v) is 71.8. The summed E-state index contributed by atoms with van der Waals surface area (Å²) in [5.74, 6) is -0.279. The van der Waals surface area contributed by atoms with Gasteiger partial charge in [-0.25, -0.2) is 0 Å². The van der Waals surface area contributed by atoms with Crippen LogP contribution >= 0.6 is 0 Å². The Labute approximate surface area is 692 Å². The number of carbonyl (C=O) groups is 1. The van der Waals surface area contributed by atoms with E-state index in [0.29, 0.717) is 12.8 Å². The summed E-state index contributed by atoms with van der Waals surface area (Å²) in [5, 5.41) is 121. The van der Waals surface area contributed by atoms with Gasteiger partial charge in [0.2, 0.25) is 5.91 Å². The van der Waals surface area contributed by atoms with Crippen LogP contribution in [0, 0.1) is 0 Å². The summed E-state index contributed by atoms with van der Waals surface area (Å²) >= 11 is 0. The summed E-state index contributed by atoms with van der Waals surface area (Å²) < 4.78 is 34.5. The van der Waals surface area contributed by atoms with Crippen molar-refractivity contribution in [2.75, 3.05) is 26.4 Å². The van der Waals surface area contributed by atoms with Gasteiger partial charge in [-0.1, -0.05) is 381 Å². The Kier molecular flexibility index (Phi) is 68.1. The van der Waals surface area contributed by atoms with Crippen LogP contribution in [-0.4, -0.2) is 193 Å². The lowest BCUT2D eigenvalue weighted by molar-refractivity contribution is -0.379. The Bertz CT molecular complexity index is 2380. The van der Waals surface area contributed by atoms with E-state index in [1.54, 1.807) is 6.08 Å². The SMILES string of the molecule is CC/C=C\C/C=C\C/C=C\C/C=C\C/C=C\CCCCCCCCCCCCCCCCCCCCCCCCCC(=O)NC(COC1OC(CO)C(OC2OC(CO)C(OC3OC(CO)C(O)C(O)C3O)C(O)C2O)C(O)C1O)C(O)/C=C/CC/C=C/CCCCCCCCCCCCCCCCCCCCCCCCCC. The average molecular weight is 1620 g/mol. The Hall–Kier alpha value is -3.03. The smallest absolute Gasteiger partial charge is 0.220 e. The maximum atomic E-state index is 13.5. The summed E-state index contributed by atoms with van der Waals surface area (Å²) in [4.78, 5) is 13.5. The number of unbranched alkanes of at least 4 members (excludes halogenated alkanes) is 48. The topological polar surface area (TPSA) is 307 Å². The predicted octanol–water partition coefficient (Wildman–Crippen LogP) is 18.5. The van der Waals surface area contributed by atoms with Gasteiger partial charge in [0.25, 0.3) is 0 Å². The fraction of sp³-hybridized carbons (Fsp3) is 0.842. The van der Waals surface area contributed by atoms with Crippen molar-refractivity contribution in [3.8, 4) is 0 Å². The number of carbonyl (C=O) groups excluding carboxylic acids is 1. The fourth-order valence-electron chi connectivity index (χ4n) is 15.5. The maximum absolute atomic E-state index is 13.5. The second kappa shape index (κ2) is 73.9. The number of rotatable bonds is 76. The minimum absolute atomic E-state index is 0.237. The predicted molar refractivity (Wildman–Crippen MR) is 461 cm³/mol. The van der Waals surface area contributed by atoms with E-state index in [9.17, 15) is 61.0 Å². The average Bonchev–Trinajstić information content (AvgIpc) is 0.783. The second-order valence-corrected chi connectivity index (χ2v) is 33.1. The highest BCUT2D eigenvalue weighted by Gasteiger charge is 2.54. The quantitative estimate of drug-likeness (QED) is 0.0199. The molecule has 0 aromatic rings. The van der Waals surface area contributed by atoms with Crippen molar-refractivity contribution >= 4 is 5.91 Å². The number of amides is 1. The molecule has 0 aromatic heterocycles. The molecule has 0 saturated carbocycles. The van der Waals surface area contributed by atoms with Crippen LogP contribution in [0.1, 0.15) is 380 Å². The number of ether oxygens (including phenoxy) is 6. The molecule has 114 heavy (non-hydrogen) atoms. The third-order valence-electron chi connectivity index (χ3n) is 22.9. The molecule has 664 valence electrons. The van der Waals surface area contributed by atoms with Crippen molar-refractivity contribution in [1.29, 1.82) is 0 Å². The molecule has 0 bridgehead atoms. The van der Waals surface area contributed by atoms with Gasteiger partial charge in [0.1, 0.15) is 73.2 Å². The van der Waals surface area contributed by atoms with Crippen LogP contribution in [0.15, 0.2) is 85.1 Å². The molecule has 19 heteroatoms. The molecular formula is C95H171NO18. The van der Waals surface area contributed by atoms with Gasteiger partial charge >= 0.3 is 0 Å². The normalized spacial score (nSPS) is 25.1. The Morgan fingerprint density at radius 3 is 0.982 bits per heavy atom. The van der Waals surface area contributed by atoms with Gasteiger partial charge in [0, 0.05) is 6.42 Å². The zero-order valence-electron chi connectivity index (χ0n) is 71.8. The van der Waals surface area contributed by atoms with Gasteiger partial charge in [-0.15, -0.1) is 0 Å². The Balaban J connectivity index is 1.31. The van der Waals surface area contributed by atoms with Gasteiger partial charge < -0.3 is 89.9 Å². The van der Waals surface area contributed by atoms with Gasteiger partial charge in [0.15, 0.2) is 18.9 Å². The van der Waals surface area contributed by atoms with E-state index in [0.717, 1.165) is 70.6 Å². The van der Waals surface area contributed by atoms with Gasteiger partial charge in [0.05, 0.1) is 38.6 Å². The maximum Gasteiger partial charge on any atom is 0.220 e. The number of aliphatic hydroxyl groups is 11. The van der Waals surface area contributed by atoms with Crippen molar-refractivity contribution in [2.24, 2.45) is 0 Å². The molecule has 3 fully saturated rings. The van der Waals surface area contributed by atoms with Crippen LogP contribution in [0.3, 0.4) is 0 Å². The molecule has 1 amide bonds. The van der Waals surface area contributed by atoms with Crippen molar-refractivity contribution < 1.29 is 89.4 Å². The first kappa shape index (κ1) is 105. The van der Waals surface area contributed by atoms with E-state index in [2.05, 4.69) is 92.1 Å². The third-order valence-corrected chi connectivity index (χ3v) is 22.9. The number of hydrogen-bond acceptors (Lipinski definition) is 18. The summed E-state index contributed by atoms with van der Waals surface area (Å²) in [6.45, 7) is 1.66. The third kappa shape index (κ3) is 51.6. The van der Waals surface area contributed by atoms with E-state index in [4.69, 9.17) is 28.4 Å². The van der Waals surface area contributed by atoms with Crippen LogP contribution in [0.2, 0.25) is 0 Å². The molecular weight excluding hydrogens is 1440 g/mol. The Morgan fingerprint density at radius 1 is 0.325 bits per heavy atom. The van der Waals surface area contributed by atoms with Crippen LogP contribution in [0.4, 0.5) is 0 Å². The molecule has 3 aliphatic heterocycles. The summed E-state index contributed by atoms with van der Waals surface area (Å²) in [6, 6.07) is -0.994. The summed E-state index contributed by atoms with van der Waals surface area (Å²) in [6.07, 6.45) is 74.7. The number of hydrogen-bond donors (Lipinski definition) is 12. The zero-order chi connectivity index (χ0) is 82.4. The van der Waals surface area contributed by atoms with E-state index in [1.165, 1.54) is 276 Å². The molecule has 0 aliphatic carbocycles. The highest BCUT2D eigenvalue weighted by atomic mass is 16.8. The molecule has 0 spiro atoms. The molecule has 17 atom stereocenters. The minimum atomic E-state index is -1.98. The van der Waals surface area contributed by atoms with Gasteiger partial charge in [-0.2, -0.15) is 0 Å². The van der Waals surface area contributed by atoms with Crippen LogP contribution < -0.4 is 5.32 Å². The molecule has 3 saturated heterocycles. The van der Waals surface area contributed by atoms with Gasteiger partial charge in [-0.3, -0.25) is 4.79 Å². The lowest BCUT2D eigenvalue weighted by Crippen LogP contribution is -2.66. The minimum Gasteiger partial charge on any atom is -0.394 e. The number of nitrogens with one attached hydrogen (secondary N) is 1. The standard InChI is InChI=1S/C95H171NO18/c1-3-5-7-9-11-13-15-17-19-21-23-25-27-29-31-33-35-36-37-38-39-40-41-42-43-45-47-49-51-53-55-57-59-61-63-65-67-69-71-73-83(101)96-78(79(100)72-70-68-66-64-62-60-58-56-54-52-50-48-46-44-34-32-30-28-26-24-22-20-18-16-14-12-10-8-6-4-2)77-109-93-89(107)86(104)91(81(75-98)111-93)114-95-90(108)87(105)92(82(76-99)112-95)113-94-88(106)85(103)84(102)80(74-97)110-94/h5,7,11,13,17,19,23,25,29,31,62,64,70,72,78-82,84-95,97-100,102-108H,3-4,6,8-10,12,14-16,18,20-22,24,26-28,30,32-61,63,65-69,71,73-77H2,1-2H3,(H,96,101)/b7-5-,13-11-,19-17-,25-23-,31-29-,64-62+,72-70+. The Morgan fingerprint density at radius 2 is 0.614 bits per heavy atom. The molecule has 0 aromatic carbocycles. The van der Waals surface area contributed by atoms with Crippen molar-refractivity contribution in [2.45, 2.75) is 484 Å². The van der Waals surface area contributed by atoms with E-state index >= 15 is 0 Å². The first-order valence-corrected chi connectivity index (χ1v) is 46.8. The molecule has 19 nitrogen and oxygen atoms in total. The highest BCUT2D eigenvalue weighted by molar-refractivity contribution is 5.76. The molecule has 3 aliphatic rings. The van der Waals surface area contributed by atoms with Crippen LogP contribution in [0.25, 0.3) is 0 Å². The monoisotopic (exact) mass is 1610 g/mol. The summed E-state index contributed by atoms with van der Waals surface area (Å²) in [7, 11) is 0. The summed E-state index contributed by atoms with van der Waals surface area (Å²) in [5.41, 5.74) is 0. The molecule has 12 N–H and O–H groups in total. The van der Waals surface area contributed by atoms with Crippen LogP contribution in [-0.2, 0) is 33.2 Å².